The molecule has 0 fully saturated rings. The predicted molar refractivity (Wildman–Crippen MR) is 64.2 cm³/mol. The third kappa shape index (κ3) is 2.06. The third-order valence-corrected chi connectivity index (χ3v) is 2.99. The molecule has 1 aliphatic rings. The quantitative estimate of drug-likeness (QED) is 0.594. The minimum Gasteiger partial charge on any atom is -0.370 e. The van der Waals surface area contributed by atoms with E-state index in [4.69, 9.17) is 0 Å². The summed E-state index contributed by atoms with van der Waals surface area (Å²) in [4.78, 5) is 23.7. The van der Waals surface area contributed by atoms with E-state index >= 15 is 0 Å². The van der Waals surface area contributed by atoms with Gasteiger partial charge >= 0.3 is 0 Å². The van der Waals surface area contributed by atoms with Crippen molar-refractivity contribution in [1.29, 1.82) is 0 Å². The van der Waals surface area contributed by atoms with E-state index in [9.17, 15) is 14.9 Å². The zero-order valence-corrected chi connectivity index (χ0v) is 9.64. The Labute approximate surface area is 98.4 Å². The Kier molecular flexibility index (Phi) is 2.71. The lowest BCUT2D eigenvalue weighted by molar-refractivity contribution is -0.384. The van der Waals surface area contributed by atoms with Crippen LogP contribution in [0.5, 0.6) is 0 Å². The highest BCUT2D eigenvalue weighted by Gasteiger charge is 2.23. The summed E-state index contributed by atoms with van der Waals surface area (Å²) in [6.45, 7) is 1.94. The number of benzene rings is 1. The number of carbonyl (C=O) groups excluding carboxylic acids is 1. The first-order valence-electron chi connectivity index (χ1n) is 5.30. The highest BCUT2D eigenvalue weighted by molar-refractivity contribution is 5.97. The van der Waals surface area contributed by atoms with Crippen molar-refractivity contribution in [2.24, 2.45) is 0 Å². The molecule has 90 valence electrons. The number of nitrogens with zero attached hydrogens (tertiary/aromatic N) is 2. The van der Waals surface area contributed by atoms with Crippen molar-refractivity contribution in [3.05, 3.63) is 28.3 Å². The molecule has 0 aromatic heterocycles. The summed E-state index contributed by atoms with van der Waals surface area (Å²) in [5.74, 6) is -0.122. The first kappa shape index (κ1) is 11.4. The Morgan fingerprint density at radius 1 is 1.53 bits per heavy atom. The Morgan fingerprint density at radius 3 is 2.88 bits per heavy atom. The van der Waals surface area contributed by atoms with E-state index < -0.39 is 4.92 Å². The fourth-order valence-corrected chi connectivity index (χ4v) is 1.89. The zero-order chi connectivity index (χ0) is 12.6. The number of rotatable bonds is 1. The molecule has 1 amide bonds. The van der Waals surface area contributed by atoms with Crippen molar-refractivity contribution < 1.29 is 9.72 Å². The molecule has 1 unspecified atom stereocenters. The van der Waals surface area contributed by atoms with E-state index in [1.165, 1.54) is 12.1 Å². The molecular weight excluding hydrogens is 222 g/mol. The number of nitrogens with one attached hydrogen (secondary N) is 1. The van der Waals surface area contributed by atoms with Crippen molar-refractivity contribution in [2.45, 2.75) is 19.4 Å². The summed E-state index contributed by atoms with van der Waals surface area (Å²) in [5.41, 5.74) is 1.28. The molecule has 0 saturated heterocycles. The van der Waals surface area contributed by atoms with E-state index in [-0.39, 0.29) is 17.6 Å². The van der Waals surface area contributed by atoms with Crippen LogP contribution in [0.15, 0.2) is 18.2 Å². The number of nitro benzene ring substituents is 1. The molecule has 1 heterocycles. The van der Waals surface area contributed by atoms with Gasteiger partial charge in [-0.2, -0.15) is 0 Å². The number of hydrogen-bond donors (Lipinski definition) is 1. The Hall–Kier alpha value is -2.11. The lowest BCUT2D eigenvalue weighted by atomic mass is 10.2. The lowest BCUT2D eigenvalue weighted by Crippen LogP contribution is -2.29. The van der Waals surface area contributed by atoms with Crippen molar-refractivity contribution in [2.75, 3.05) is 17.3 Å². The molecule has 1 aromatic carbocycles. The monoisotopic (exact) mass is 235 g/mol. The van der Waals surface area contributed by atoms with Gasteiger partial charge in [-0.1, -0.05) is 0 Å². The molecular formula is C11H13N3O3. The van der Waals surface area contributed by atoms with Gasteiger partial charge in [0, 0.05) is 31.6 Å². The van der Waals surface area contributed by atoms with Crippen LogP contribution >= 0.6 is 0 Å². The molecule has 1 N–H and O–H groups in total. The Bertz CT molecular complexity index is 487. The minimum absolute atomic E-state index is 0.0213. The number of hydrogen-bond acceptors (Lipinski definition) is 4. The molecule has 0 bridgehead atoms. The summed E-state index contributed by atoms with van der Waals surface area (Å²) in [6.07, 6.45) is 0.374. The maximum atomic E-state index is 11.6. The van der Waals surface area contributed by atoms with Gasteiger partial charge in [0.25, 0.3) is 5.69 Å². The zero-order valence-electron chi connectivity index (χ0n) is 9.64. The van der Waals surface area contributed by atoms with Crippen LogP contribution in [-0.4, -0.2) is 23.9 Å². The molecule has 1 atom stereocenters. The van der Waals surface area contributed by atoms with Crippen LogP contribution in [0.1, 0.15) is 13.3 Å². The topological polar surface area (TPSA) is 75.5 Å². The van der Waals surface area contributed by atoms with E-state index in [1.54, 1.807) is 6.07 Å². The van der Waals surface area contributed by atoms with Gasteiger partial charge in [0.1, 0.15) is 0 Å². The first-order chi connectivity index (χ1) is 7.99. The van der Waals surface area contributed by atoms with Crippen LogP contribution in [0.25, 0.3) is 0 Å². The average molecular weight is 235 g/mol. The number of anilines is 2. The van der Waals surface area contributed by atoms with E-state index in [0.29, 0.717) is 12.1 Å². The van der Waals surface area contributed by atoms with Crippen LogP contribution in [0.3, 0.4) is 0 Å². The molecule has 0 radical (unpaired) electrons. The minimum atomic E-state index is -0.471. The summed E-state index contributed by atoms with van der Waals surface area (Å²) in [7, 11) is 1.87. The SMILES string of the molecule is CC1CC(=O)Nc2cc([N+](=O)[O-])ccc2N1C. The summed E-state index contributed by atoms with van der Waals surface area (Å²) in [5, 5.41) is 13.4. The van der Waals surface area contributed by atoms with Crippen LogP contribution < -0.4 is 10.2 Å². The second-order valence-corrected chi connectivity index (χ2v) is 4.17. The van der Waals surface area contributed by atoms with Crippen molar-refractivity contribution in [3.63, 3.8) is 0 Å². The van der Waals surface area contributed by atoms with Gasteiger partial charge in [-0.25, -0.2) is 0 Å². The Balaban J connectivity index is 2.50. The van der Waals surface area contributed by atoms with Crippen LogP contribution in [0, 0.1) is 10.1 Å². The lowest BCUT2D eigenvalue weighted by Gasteiger charge is -2.24. The maximum Gasteiger partial charge on any atom is 0.271 e. The fraction of sp³-hybridized carbons (Fsp3) is 0.364. The number of nitro groups is 1. The molecule has 6 nitrogen and oxygen atoms in total. The second-order valence-electron chi connectivity index (χ2n) is 4.17. The summed E-state index contributed by atoms with van der Waals surface area (Å²) >= 11 is 0. The molecule has 6 heteroatoms. The largest absolute Gasteiger partial charge is 0.370 e. The van der Waals surface area contributed by atoms with Gasteiger partial charge in [-0.15, -0.1) is 0 Å². The van der Waals surface area contributed by atoms with Gasteiger partial charge in [-0.05, 0) is 13.0 Å². The molecule has 2 rings (SSSR count). The standard InChI is InChI=1S/C11H13N3O3/c1-7-5-11(15)12-9-6-8(14(16)17)3-4-10(9)13(7)2/h3-4,6-7H,5H2,1-2H3,(H,12,15). The van der Waals surface area contributed by atoms with Gasteiger partial charge in [0.15, 0.2) is 0 Å². The summed E-state index contributed by atoms with van der Waals surface area (Å²) < 4.78 is 0. The second kappa shape index (κ2) is 4.04. The van der Waals surface area contributed by atoms with Crippen molar-refractivity contribution in [3.8, 4) is 0 Å². The molecule has 1 aromatic rings. The van der Waals surface area contributed by atoms with E-state index in [0.717, 1.165) is 5.69 Å². The van der Waals surface area contributed by atoms with Crippen molar-refractivity contribution in [1.82, 2.24) is 0 Å². The normalized spacial score (nSPS) is 19.3. The maximum absolute atomic E-state index is 11.6. The summed E-state index contributed by atoms with van der Waals surface area (Å²) in [6, 6.07) is 4.56. The average Bonchev–Trinajstić information content (AvgIpc) is 2.36. The molecule has 0 spiro atoms. The van der Waals surface area contributed by atoms with E-state index in [2.05, 4.69) is 5.32 Å². The van der Waals surface area contributed by atoms with Gasteiger partial charge in [0.2, 0.25) is 5.91 Å². The van der Waals surface area contributed by atoms with E-state index in [1.807, 2.05) is 18.9 Å². The first-order valence-corrected chi connectivity index (χ1v) is 5.30. The number of carbonyl (C=O) groups is 1. The van der Waals surface area contributed by atoms with Crippen molar-refractivity contribution >= 4 is 23.0 Å². The fourth-order valence-electron chi connectivity index (χ4n) is 1.89. The van der Waals surface area contributed by atoms with Gasteiger partial charge in [-0.3, -0.25) is 14.9 Å². The van der Waals surface area contributed by atoms with Crippen LogP contribution in [0.2, 0.25) is 0 Å². The van der Waals surface area contributed by atoms with Gasteiger partial charge in [0.05, 0.1) is 16.3 Å². The van der Waals surface area contributed by atoms with Gasteiger partial charge < -0.3 is 10.2 Å². The smallest absolute Gasteiger partial charge is 0.271 e. The van der Waals surface area contributed by atoms with Crippen LogP contribution in [0.4, 0.5) is 17.1 Å². The molecule has 0 aliphatic carbocycles. The highest BCUT2D eigenvalue weighted by Crippen LogP contribution is 2.33. The molecule has 0 saturated carbocycles. The number of amides is 1. The Morgan fingerprint density at radius 2 is 2.24 bits per heavy atom. The molecule has 17 heavy (non-hydrogen) atoms. The highest BCUT2D eigenvalue weighted by atomic mass is 16.6. The van der Waals surface area contributed by atoms with Crippen LogP contribution in [-0.2, 0) is 4.79 Å². The molecule has 1 aliphatic heterocycles. The predicted octanol–water partition coefficient (Wildman–Crippen LogP) is 1.76. The number of non-ortho nitro benzene ring substituents is 1. The number of fused-ring (bicyclic) bond motifs is 1. The third-order valence-electron chi connectivity index (χ3n) is 2.99.